The summed E-state index contributed by atoms with van der Waals surface area (Å²) < 4.78 is 19.2. The second-order valence-electron chi connectivity index (χ2n) is 8.96. The van der Waals surface area contributed by atoms with Gasteiger partial charge in [-0.15, -0.1) is 11.3 Å². The lowest BCUT2D eigenvalue weighted by Crippen LogP contribution is -2.46. The normalized spacial score (nSPS) is 15.0. The molecule has 8 heteroatoms. The maximum atomic E-state index is 13.6. The lowest BCUT2D eigenvalue weighted by atomic mass is 10.1. The molecule has 1 unspecified atom stereocenters. The number of benzene rings is 2. The Balaban J connectivity index is 1.51. The molecule has 0 aliphatic carbocycles. The Hall–Kier alpha value is -3.23. The number of anilines is 1. The second-order valence-corrected chi connectivity index (χ2v) is 9.99. The monoisotopic (exact) mass is 509 g/mol. The molecular weight excluding hydrogens is 477 g/mol. The largest absolute Gasteiger partial charge is 0.376 e. The van der Waals surface area contributed by atoms with Crippen LogP contribution in [0.2, 0.25) is 0 Å². The Morgan fingerprint density at radius 1 is 1.06 bits per heavy atom. The quantitative estimate of drug-likeness (QED) is 0.382. The van der Waals surface area contributed by atoms with E-state index in [2.05, 4.69) is 12.2 Å². The van der Waals surface area contributed by atoms with Crippen molar-refractivity contribution < 1.29 is 18.7 Å². The van der Waals surface area contributed by atoms with Gasteiger partial charge < -0.3 is 19.9 Å². The Labute approximate surface area is 215 Å². The van der Waals surface area contributed by atoms with Gasteiger partial charge in [-0.25, -0.2) is 9.18 Å². The van der Waals surface area contributed by atoms with Crippen LogP contribution in [0, 0.1) is 5.82 Å². The highest BCUT2D eigenvalue weighted by Crippen LogP contribution is 2.19. The molecule has 1 saturated heterocycles. The predicted molar refractivity (Wildman–Crippen MR) is 140 cm³/mol. The van der Waals surface area contributed by atoms with Gasteiger partial charge in [0, 0.05) is 30.3 Å². The van der Waals surface area contributed by atoms with E-state index in [1.54, 1.807) is 33.3 Å². The lowest BCUT2D eigenvalue weighted by molar-refractivity contribution is -0.133. The van der Waals surface area contributed by atoms with Crippen LogP contribution >= 0.6 is 11.3 Å². The number of hydrogen-bond acceptors (Lipinski definition) is 4. The van der Waals surface area contributed by atoms with Crippen LogP contribution in [0.3, 0.4) is 0 Å². The number of thiophene rings is 1. The van der Waals surface area contributed by atoms with E-state index >= 15 is 0 Å². The summed E-state index contributed by atoms with van der Waals surface area (Å²) in [4.78, 5) is 31.2. The third kappa shape index (κ3) is 7.38. The number of nitrogens with zero attached hydrogens (tertiary/aromatic N) is 2. The molecule has 3 amide bonds. The summed E-state index contributed by atoms with van der Waals surface area (Å²) in [6.45, 7) is 3.74. The highest BCUT2D eigenvalue weighted by Gasteiger charge is 2.27. The number of halogens is 1. The topological polar surface area (TPSA) is 61.9 Å². The van der Waals surface area contributed by atoms with Gasteiger partial charge in [-0.05, 0) is 66.1 Å². The van der Waals surface area contributed by atoms with Gasteiger partial charge in [0.05, 0.1) is 12.6 Å². The molecule has 1 atom stereocenters. The number of urea groups is 1. The molecule has 36 heavy (non-hydrogen) atoms. The summed E-state index contributed by atoms with van der Waals surface area (Å²) in [5, 5.41) is 4.93. The van der Waals surface area contributed by atoms with Crippen molar-refractivity contribution >= 4 is 29.0 Å². The predicted octanol–water partition coefficient (Wildman–Crippen LogP) is 5.69. The van der Waals surface area contributed by atoms with Gasteiger partial charge in [-0.2, -0.15) is 0 Å². The van der Waals surface area contributed by atoms with Crippen LogP contribution in [0.4, 0.5) is 14.9 Å². The molecule has 3 aromatic rings. The van der Waals surface area contributed by atoms with Gasteiger partial charge >= 0.3 is 6.03 Å². The zero-order chi connectivity index (χ0) is 25.3. The molecule has 1 aromatic heterocycles. The molecule has 1 N–H and O–H groups in total. The maximum Gasteiger partial charge on any atom is 0.322 e. The second kappa shape index (κ2) is 12.6. The van der Waals surface area contributed by atoms with E-state index in [0.717, 1.165) is 35.3 Å². The average Bonchev–Trinajstić information content (AvgIpc) is 3.59. The van der Waals surface area contributed by atoms with Gasteiger partial charge in [0.15, 0.2) is 0 Å². The van der Waals surface area contributed by atoms with Crippen LogP contribution in [-0.2, 0) is 29.0 Å². The third-order valence-corrected chi connectivity index (χ3v) is 7.08. The van der Waals surface area contributed by atoms with Crippen molar-refractivity contribution in [3.05, 3.63) is 87.9 Å². The van der Waals surface area contributed by atoms with Crippen molar-refractivity contribution in [2.45, 2.75) is 45.4 Å². The zero-order valence-corrected chi connectivity index (χ0v) is 21.3. The molecule has 1 fully saturated rings. The molecule has 6 nitrogen and oxygen atoms in total. The minimum atomic E-state index is -0.329. The molecule has 2 aromatic carbocycles. The fourth-order valence-corrected chi connectivity index (χ4v) is 4.94. The smallest absolute Gasteiger partial charge is 0.322 e. The van der Waals surface area contributed by atoms with Crippen LogP contribution in [0.15, 0.2) is 66.0 Å². The maximum absolute atomic E-state index is 13.6. The van der Waals surface area contributed by atoms with Gasteiger partial charge in [0.25, 0.3) is 0 Å². The molecule has 0 saturated carbocycles. The van der Waals surface area contributed by atoms with E-state index < -0.39 is 0 Å². The summed E-state index contributed by atoms with van der Waals surface area (Å²) in [7, 11) is 0. The van der Waals surface area contributed by atoms with Crippen molar-refractivity contribution in [1.82, 2.24) is 9.80 Å². The first-order valence-corrected chi connectivity index (χ1v) is 13.2. The fraction of sp³-hybridized carbons (Fsp3) is 0.357. The molecule has 1 aliphatic rings. The Bertz CT molecular complexity index is 1130. The summed E-state index contributed by atoms with van der Waals surface area (Å²) in [6.07, 6.45) is 2.58. The summed E-state index contributed by atoms with van der Waals surface area (Å²) in [6, 6.07) is 17.5. The van der Waals surface area contributed by atoms with E-state index in [1.807, 2.05) is 41.8 Å². The van der Waals surface area contributed by atoms with Crippen molar-refractivity contribution in [2.24, 2.45) is 0 Å². The van der Waals surface area contributed by atoms with Crippen molar-refractivity contribution in [3.8, 4) is 0 Å². The van der Waals surface area contributed by atoms with E-state index in [1.165, 1.54) is 12.1 Å². The zero-order valence-electron chi connectivity index (χ0n) is 20.5. The molecule has 2 heterocycles. The van der Waals surface area contributed by atoms with Crippen LogP contribution in [0.25, 0.3) is 0 Å². The highest BCUT2D eigenvalue weighted by atomic mass is 32.1. The Morgan fingerprint density at radius 2 is 1.89 bits per heavy atom. The Kier molecular flexibility index (Phi) is 9.08. The van der Waals surface area contributed by atoms with Gasteiger partial charge in [0.2, 0.25) is 5.91 Å². The van der Waals surface area contributed by atoms with Crippen molar-refractivity contribution in [2.75, 3.05) is 25.0 Å². The lowest BCUT2D eigenvalue weighted by Gasteiger charge is -2.29. The first kappa shape index (κ1) is 25.9. The first-order valence-electron chi connectivity index (χ1n) is 12.3. The van der Waals surface area contributed by atoms with Gasteiger partial charge in [0.1, 0.15) is 12.4 Å². The number of ether oxygens (including phenoxy) is 1. The fourth-order valence-electron chi connectivity index (χ4n) is 4.22. The van der Waals surface area contributed by atoms with Crippen LogP contribution in [0.1, 0.15) is 35.8 Å². The number of carbonyl (C=O) groups excluding carboxylic acids is 2. The molecular formula is C28H32FN3O3S. The number of nitrogens with one attached hydrogen (secondary N) is 1. The van der Waals surface area contributed by atoms with Crippen LogP contribution in [0.5, 0.6) is 0 Å². The summed E-state index contributed by atoms with van der Waals surface area (Å²) in [5.74, 6) is -0.496. The number of carbonyl (C=O) groups is 2. The number of aryl methyl sites for hydroxylation is 1. The molecule has 0 spiro atoms. The summed E-state index contributed by atoms with van der Waals surface area (Å²) >= 11 is 1.57. The van der Waals surface area contributed by atoms with E-state index in [9.17, 15) is 14.0 Å². The molecule has 0 bridgehead atoms. The standard InChI is InChI=1S/C28H32FN3O3S/c1-2-21-6-3-7-24(16-21)30-28(34)32(18-25-8-4-14-35-25)20-27(33)31(19-26-9-5-15-36-26)17-22-10-12-23(29)13-11-22/h3,5-7,9-13,15-16,25H,2,4,8,14,17-20H2,1H3,(H,30,34). The molecule has 0 radical (unpaired) electrons. The van der Waals surface area contributed by atoms with E-state index in [0.29, 0.717) is 31.9 Å². The van der Waals surface area contributed by atoms with Gasteiger partial charge in [-0.1, -0.05) is 37.3 Å². The number of hydrogen-bond donors (Lipinski definition) is 1. The molecule has 190 valence electrons. The van der Waals surface area contributed by atoms with Crippen molar-refractivity contribution in [1.29, 1.82) is 0 Å². The minimum Gasteiger partial charge on any atom is -0.376 e. The first-order chi connectivity index (χ1) is 17.5. The highest BCUT2D eigenvalue weighted by molar-refractivity contribution is 7.09. The number of amides is 3. The van der Waals surface area contributed by atoms with Crippen molar-refractivity contribution in [3.63, 3.8) is 0 Å². The molecule has 4 rings (SSSR count). The Morgan fingerprint density at radius 3 is 2.58 bits per heavy atom. The van der Waals surface area contributed by atoms with Gasteiger partial charge in [-0.3, -0.25) is 4.79 Å². The number of rotatable bonds is 10. The van der Waals surface area contributed by atoms with Crippen LogP contribution in [-0.4, -0.2) is 47.5 Å². The van der Waals surface area contributed by atoms with Crippen LogP contribution < -0.4 is 5.32 Å². The van der Waals surface area contributed by atoms with E-state index in [4.69, 9.17) is 4.74 Å². The van der Waals surface area contributed by atoms with E-state index in [-0.39, 0.29) is 30.4 Å². The SMILES string of the molecule is CCc1cccc(NC(=O)N(CC(=O)N(Cc2ccc(F)cc2)Cc2cccs2)CC2CCCO2)c1. The minimum absolute atomic E-state index is 0.0776. The summed E-state index contributed by atoms with van der Waals surface area (Å²) in [5.41, 5.74) is 2.65. The molecule has 1 aliphatic heterocycles. The average molecular weight is 510 g/mol. The third-order valence-electron chi connectivity index (χ3n) is 6.21.